The van der Waals surface area contributed by atoms with Crippen LogP contribution in [0.4, 0.5) is 8.63 Å². The summed E-state index contributed by atoms with van der Waals surface area (Å²) in [6.07, 6.45) is 7.16. The minimum atomic E-state index is -2.66. The summed E-state index contributed by atoms with van der Waals surface area (Å²) < 4.78 is 32.7. The molecule has 1 unspecified atom stereocenters. The van der Waals surface area contributed by atoms with Gasteiger partial charge in [0.15, 0.2) is 11.4 Å². The molecular formula is C28H41BF2N7O4+. The summed E-state index contributed by atoms with van der Waals surface area (Å²) in [5.74, 6) is -0.911. The number of aromatic nitrogens is 4. The summed E-state index contributed by atoms with van der Waals surface area (Å²) in [7, 11) is -0.736. The average molecular weight is 588 g/mol. The molecule has 2 amide bonds. The summed E-state index contributed by atoms with van der Waals surface area (Å²) in [6, 6.07) is 2.03. The van der Waals surface area contributed by atoms with E-state index in [0.29, 0.717) is 49.5 Å². The molecule has 4 N–H and O–H groups in total. The van der Waals surface area contributed by atoms with Crippen LogP contribution in [0.15, 0.2) is 30.1 Å². The summed E-state index contributed by atoms with van der Waals surface area (Å²) in [6.45, 7) is 7.60. The zero-order valence-electron chi connectivity index (χ0n) is 24.9. The number of halogens is 2. The van der Waals surface area contributed by atoms with Crippen molar-refractivity contribution in [3.8, 4) is 0 Å². The van der Waals surface area contributed by atoms with E-state index in [-0.39, 0.29) is 25.5 Å². The van der Waals surface area contributed by atoms with Gasteiger partial charge < -0.3 is 25.4 Å². The van der Waals surface area contributed by atoms with Crippen molar-refractivity contribution in [1.29, 1.82) is 0 Å². The number of nitrogens with zero attached hydrogens (tertiary/aromatic N) is 5. The number of amides is 2. The number of allylic oxidation sites excluding steroid dienone is 2. The van der Waals surface area contributed by atoms with E-state index >= 15 is 0 Å². The number of hydrogen-bond donors (Lipinski definition) is 4. The molecule has 0 fully saturated rings. The Bertz CT molecular complexity index is 1360. The van der Waals surface area contributed by atoms with Gasteiger partial charge in [-0.3, -0.25) is 14.3 Å². The summed E-state index contributed by atoms with van der Waals surface area (Å²) in [4.78, 5) is 24.0. The van der Waals surface area contributed by atoms with Gasteiger partial charge in [0.05, 0.1) is 18.0 Å². The fourth-order valence-electron chi connectivity index (χ4n) is 4.60. The molecule has 14 heteroatoms. The van der Waals surface area contributed by atoms with Crippen molar-refractivity contribution < 1.29 is 32.9 Å². The molecule has 0 spiro atoms. The van der Waals surface area contributed by atoms with Crippen LogP contribution in [-0.2, 0) is 29.6 Å². The monoisotopic (exact) mass is 588 g/mol. The third-order valence-electron chi connectivity index (χ3n) is 7.39. The van der Waals surface area contributed by atoms with Crippen LogP contribution in [-0.4, -0.2) is 85.0 Å². The van der Waals surface area contributed by atoms with Crippen molar-refractivity contribution in [2.24, 2.45) is 12.5 Å². The number of hydrogen-bond acceptors (Lipinski definition) is 6. The van der Waals surface area contributed by atoms with E-state index in [1.165, 1.54) is 0 Å². The maximum Gasteiger partial charge on any atom is 0.934 e. The SMILES string of the molecule is Cc1cc(C)n(C)c1C=C1C=CC(CCCn2cc(CCNC(=O)CCNC(=O)C(O)C(C)(C)CO)nn2)=[N+]1B(F)F. The number of carbonyl (C=O) groups excluding carboxylic acids is 2. The van der Waals surface area contributed by atoms with Crippen molar-refractivity contribution in [2.75, 3.05) is 19.7 Å². The molecule has 0 aliphatic carbocycles. The Morgan fingerprint density at radius 1 is 1.19 bits per heavy atom. The predicted octanol–water partition coefficient (Wildman–Crippen LogP) is 1.55. The van der Waals surface area contributed by atoms with Crippen LogP contribution < -0.4 is 10.6 Å². The van der Waals surface area contributed by atoms with Gasteiger partial charge in [0, 0.05) is 81.5 Å². The average Bonchev–Trinajstić information content (AvgIpc) is 3.62. The van der Waals surface area contributed by atoms with Crippen LogP contribution in [0.3, 0.4) is 0 Å². The zero-order chi connectivity index (χ0) is 31.0. The number of rotatable bonds is 15. The van der Waals surface area contributed by atoms with E-state index in [2.05, 4.69) is 20.9 Å². The van der Waals surface area contributed by atoms with Gasteiger partial charge in [-0.1, -0.05) is 19.1 Å². The molecule has 0 saturated heterocycles. The molecule has 42 heavy (non-hydrogen) atoms. The van der Waals surface area contributed by atoms with Crippen molar-refractivity contribution in [2.45, 2.75) is 66.0 Å². The molecule has 0 bridgehead atoms. The van der Waals surface area contributed by atoms with Gasteiger partial charge in [0.2, 0.25) is 11.8 Å². The van der Waals surface area contributed by atoms with Crippen LogP contribution in [0.1, 0.15) is 55.8 Å². The molecule has 2 aromatic heterocycles. The van der Waals surface area contributed by atoms with Gasteiger partial charge in [-0.25, -0.2) is 13.1 Å². The highest BCUT2D eigenvalue weighted by Gasteiger charge is 2.41. The number of aliphatic hydroxyl groups excluding tert-OH is 2. The second-order valence-corrected chi connectivity index (χ2v) is 11.2. The molecule has 0 radical (unpaired) electrons. The first-order valence-corrected chi connectivity index (χ1v) is 14.0. The molecule has 3 rings (SSSR count). The Morgan fingerprint density at radius 2 is 1.93 bits per heavy atom. The first-order chi connectivity index (χ1) is 19.8. The number of nitrogens with one attached hydrogen (secondary N) is 2. The molecule has 2 aromatic rings. The van der Waals surface area contributed by atoms with Gasteiger partial charge in [0.25, 0.3) is 0 Å². The molecule has 1 aliphatic heterocycles. The quantitative estimate of drug-likeness (QED) is 0.233. The lowest BCUT2D eigenvalue weighted by Crippen LogP contribution is -2.46. The van der Waals surface area contributed by atoms with E-state index in [0.717, 1.165) is 21.4 Å². The maximum absolute atomic E-state index is 14.0. The largest absolute Gasteiger partial charge is 0.934 e. The Kier molecular flexibility index (Phi) is 11.3. The van der Waals surface area contributed by atoms with Gasteiger partial charge in [-0.05, 0) is 31.9 Å². The molecule has 11 nitrogen and oxygen atoms in total. The summed E-state index contributed by atoms with van der Waals surface area (Å²) in [5.41, 5.74) is 3.69. The minimum Gasteiger partial charge on any atom is -0.396 e. The topological polar surface area (TPSA) is 137 Å². The number of carbonyl (C=O) groups is 2. The van der Waals surface area contributed by atoms with Crippen LogP contribution in [0.5, 0.6) is 0 Å². The molecule has 0 saturated carbocycles. The van der Waals surface area contributed by atoms with Gasteiger partial charge in [0.1, 0.15) is 6.10 Å². The highest BCUT2D eigenvalue weighted by Crippen LogP contribution is 2.22. The van der Waals surface area contributed by atoms with Crippen molar-refractivity contribution in [3.05, 3.63) is 52.8 Å². The van der Waals surface area contributed by atoms with E-state index in [1.54, 1.807) is 43.0 Å². The third kappa shape index (κ3) is 8.45. The number of aliphatic hydroxyl groups is 2. The van der Waals surface area contributed by atoms with E-state index in [9.17, 15) is 28.4 Å². The van der Waals surface area contributed by atoms with Crippen molar-refractivity contribution in [3.63, 3.8) is 0 Å². The van der Waals surface area contributed by atoms with Crippen LogP contribution >= 0.6 is 0 Å². The van der Waals surface area contributed by atoms with Crippen molar-refractivity contribution in [1.82, 2.24) is 30.2 Å². The molecule has 1 aliphatic rings. The Balaban J connectivity index is 1.42. The minimum absolute atomic E-state index is 0.0367. The van der Waals surface area contributed by atoms with Crippen LogP contribution in [0, 0.1) is 19.3 Å². The normalized spacial score (nSPS) is 15.0. The highest BCUT2D eigenvalue weighted by molar-refractivity contribution is 6.35. The third-order valence-corrected chi connectivity index (χ3v) is 7.39. The first-order valence-electron chi connectivity index (χ1n) is 14.0. The van der Waals surface area contributed by atoms with Gasteiger partial charge in [-0.15, -0.1) is 5.10 Å². The van der Waals surface area contributed by atoms with Crippen molar-refractivity contribution >= 4 is 31.0 Å². The fourth-order valence-corrected chi connectivity index (χ4v) is 4.60. The molecule has 1 atom stereocenters. The first kappa shape index (κ1) is 32.9. The lowest BCUT2D eigenvalue weighted by Gasteiger charge is -2.27. The van der Waals surface area contributed by atoms with Crippen LogP contribution in [0.2, 0.25) is 0 Å². The molecule has 228 valence electrons. The Morgan fingerprint density at radius 3 is 2.57 bits per heavy atom. The lowest BCUT2D eigenvalue weighted by molar-refractivity contribution is -0.342. The molecular weight excluding hydrogens is 547 g/mol. The van der Waals surface area contributed by atoms with Gasteiger partial charge >= 0.3 is 7.40 Å². The van der Waals surface area contributed by atoms with E-state index < -0.39 is 24.8 Å². The standard InChI is InChI=1S/C28H40BF2N7O4/c1-19-15-20(2)36(5)24(19)16-23-9-8-22(38(23)29(30)31)7-6-14-37-17-21(34-35-37)10-12-32-25(40)11-13-33-27(42)26(41)28(3,4)18-39/h8-9,15-17,26,39,41H,6-7,10-14,18H2,1-5H3,(H-,32,33,40,42)/p+1. The highest BCUT2D eigenvalue weighted by atomic mass is 19.2. The van der Waals surface area contributed by atoms with E-state index in [4.69, 9.17) is 0 Å². The van der Waals surface area contributed by atoms with E-state index in [1.807, 2.05) is 31.5 Å². The smallest absolute Gasteiger partial charge is 0.396 e. The molecule has 3 heterocycles. The Hall–Kier alpha value is -3.65. The second-order valence-electron chi connectivity index (χ2n) is 11.2. The molecule has 0 aromatic carbocycles. The summed E-state index contributed by atoms with van der Waals surface area (Å²) in [5, 5.41) is 32.7. The fraction of sp³-hybridized carbons (Fsp3) is 0.536. The Labute approximate surface area is 245 Å². The maximum atomic E-state index is 14.0. The zero-order valence-corrected chi connectivity index (χ0v) is 24.9. The second kappa shape index (κ2) is 14.5. The van der Waals surface area contributed by atoms with Gasteiger partial charge in [-0.2, -0.15) is 0 Å². The predicted molar refractivity (Wildman–Crippen MR) is 156 cm³/mol. The number of aryl methyl sites for hydroxylation is 3. The summed E-state index contributed by atoms with van der Waals surface area (Å²) >= 11 is 0. The lowest BCUT2D eigenvalue weighted by atomic mass is 9.87. The van der Waals surface area contributed by atoms with Crippen LogP contribution in [0.25, 0.3) is 6.08 Å².